The maximum absolute atomic E-state index is 9.45. The molecule has 0 aromatic carbocycles. The molecule has 0 unspecified atom stereocenters. The van der Waals surface area contributed by atoms with Crippen LogP contribution in [0.25, 0.3) is 0 Å². The Bertz CT molecular complexity index is 97.1. The van der Waals surface area contributed by atoms with Gasteiger partial charge in [-0.1, -0.05) is 23.2 Å². The van der Waals surface area contributed by atoms with Crippen molar-refractivity contribution in [1.82, 2.24) is 5.48 Å². The first-order valence-electron chi connectivity index (χ1n) is 1.86. The minimum Gasteiger partial charge on any atom is -0.261 e. The fraction of sp³-hybridized carbons (Fsp3) is 0.667. The Morgan fingerprint density at radius 3 is 2.56 bits per heavy atom. The molecule has 0 atom stereocenters. The van der Waals surface area contributed by atoms with Crippen molar-refractivity contribution < 1.29 is 9.63 Å². The molecule has 0 aromatic heterocycles. The molecular weight excluding hydrogens is 188 g/mol. The van der Waals surface area contributed by atoms with Gasteiger partial charge in [0.25, 0.3) is 4.52 Å². The highest BCUT2D eigenvalue weighted by molar-refractivity contribution is 6.50. The highest BCUT2D eigenvalue weighted by Crippen LogP contribution is 2.21. The number of amides is 1. The monoisotopic (exact) mass is 190 g/mol. The Hall–Kier alpha value is 0.300. The summed E-state index contributed by atoms with van der Waals surface area (Å²) in [5, 5.41) is 0. The summed E-state index contributed by atoms with van der Waals surface area (Å²) < 4.78 is -1.57. The summed E-state index contributed by atoms with van der Waals surface area (Å²) in [5.41, 5.74) is 1.69. The normalized spacial score (nSPS) is 11.0. The van der Waals surface area contributed by atoms with Gasteiger partial charge in [0.15, 0.2) is 0 Å². The quantitative estimate of drug-likeness (QED) is 0.408. The Morgan fingerprint density at radius 1 is 1.67 bits per heavy atom. The third-order valence-electron chi connectivity index (χ3n) is 0.398. The lowest BCUT2D eigenvalue weighted by Crippen LogP contribution is -2.28. The molecule has 53 valence electrons. The molecule has 0 aliphatic carbocycles. The topological polar surface area (TPSA) is 38.3 Å². The molecule has 0 aliphatic rings. The predicted molar refractivity (Wildman–Crippen MR) is 35.1 cm³/mol. The van der Waals surface area contributed by atoms with Crippen LogP contribution >= 0.6 is 34.8 Å². The van der Waals surface area contributed by atoms with Crippen LogP contribution in [0.2, 0.25) is 0 Å². The molecule has 0 saturated carbocycles. The molecule has 0 spiro atoms. The lowest BCUT2D eigenvalue weighted by atomic mass is 10.8. The first-order valence-corrected chi connectivity index (χ1v) is 3.15. The highest BCUT2D eigenvalue weighted by atomic mass is 35.5. The Kier molecular flexibility index (Phi) is 4.31. The van der Waals surface area contributed by atoms with E-state index in [0.717, 1.165) is 0 Å². The number of rotatable bonds is 4. The standard InChI is InChI=1S/C3H3Cl3NO2/c4-1-3(5,6)9-7-2-8/h1H2,(H,7,8). The smallest absolute Gasteiger partial charge is 0.261 e. The van der Waals surface area contributed by atoms with Crippen LogP contribution in [0.4, 0.5) is 0 Å². The molecule has 0 fully saturated rings. The second-order valence-corrected chi connectivity index (χ2v) is 2.76. The number of alkyl halides is 3. The van der Waals surface area contributed by atoms with Crippen molar-refractivity contribution in [2.24, 2.45) is 0 Å². The molecule has 0 rings (SSSR count). The van der Waals surface area contributed by atoms with Crippen molar-refractivity contribution in [3.05, 3.63) is 0 Å². The first-order chi connectivity index (χ1) is 4.12. The Labute approximate surface area is 67.2 Å². The van der Waals surface area contributed by atoms with Gasteiger partial charge in [-0.3, -0.25) is 4.79 Å². The van der Waals surface area contributed by atoms with E-state index in [0.29, 0.717) is 0 Å². The van der Waals surface area contributed by atoms with E-state index in [1.165, 1.54) is 6.41 Å². The van der Waals surface area contributed by atoms with Gasteiger partial charge in [0.1, 0.15) is 0 Å². The molecule has 6 heteroatoms. The van der Waals surface area contributed by atoms with E-state index in [9.17, 15) is 4.79 Å². The number of hydrogen-bond acceptors (Lipinski definition) is 2. The minimum absolute atomic E-state index is 0.148. The molecule has 0 aliphatic heterocycles. The number of carbonyl (C=O) groups excluding carboxylic acids is 1. The van der Waals surface area contributed by atoms with Crippen molar-refractivity contribution in [1.29, 1.82) is 0 Å². The zero-order valence-corrected chi connectivity index (χ0v) is 6.43. The predicted octanol–water partition coefficient (Wildman–Crippen LogP) is 0.945. The van der Waals surface area contributed by atoms with E-state index in [1.54, 1.807) is 5.48 Å². The zero-order valence-electron chi connectivity index (χ0n) is 4.16. The molecule has 1 N–H and O–H groups in total. The molecular formula is C3H3Cl3NO2. The van der Waals surface area contributed by atoms with Gasteiger partial charge in [0.2, 0.25) is 0 Å². The summed E-state index contributed by atoms with van der Waals surface area (Å²) in [5.74, 6) is -0.148. The van der Waals surface area contributed by atoms with E-state index in [-0.39, 0.29) is 5.88 Å². The lowest BCUT2D eigenvalue weighted by Gasteiger charge is -2.13. The molecule has 1 amide bonds. The third kappa shape index (κ3) is 4.78. The van der Waals surface area contributed by atoms with Crippen LogP contribution in [0.1, 0.15) is 0 Å². The fourth-order valence-corrected chi connectivity index (χ4v) is 0.254. The van der Waals surface area contributed by atoms with Crippen LogP contribution in [0.15, 0.2) is 0 Å². The summed E-state index contributed by atoms with van der Waals surface area (Å²) in [4.78, 5) is 13.7. The molecule has 0 heterocycles. The highest BCUT2D eigenvalue weighted by Gasteiger charge is 2.23. The summed E-state index contributed by atoms with van der Waals surface area (Å²) in [6.07, 6.45) is 1.21. The fourth-order valence-electron chi connectivity index (χ4n) is 0.123. The van der Waals surface area contributed by atoms with E-state index in [1.807, 2.05) is 0 Å². The number of hydroxylamine groups is 1. The van der Waals surface area contributed by atoms with Gasteiger partial charge in [-0.25, -0.2) is 10.3 Å². The largest absolute Gasteiger partial charge is 0.335 e. The lowest BCUT2D eigenvalue weighted by molar-refractivity contribution is 0.0439. The Morgan fingerprint density at radius 2 is 2.22 bits per heavy atom. The number of halogens is 3. The SMILES string of the molecule is O=[C]NOC(Cl)(Cl)CCl. The molecule has 0 bridgehead atoms. The van der Waals surface area contributed by atoms with Crippen LogP contribution in [-0.2, 0) is 9.63 Å². The van der Waals surface area contributed by atoms with Crippen molar-refractivity contribution in [2.45, 2.75) is 4.52 Å². The summed E-state index contributed by atoms with van der Waals surface area (Å²) >= 11 is 15.7. The van der Waals surface area contributed by atoms with Crippen LogP contribution in [-0.4, -0.2) is 16.8 Å². The summed E-state index contributed by atoms with van der Waals surface area (Å²) in [7, 11) is 0. The molecule has 0 aromatic rings. The Balaban J connectivity index is 3.44. The van der Waals surface area contributed by atoms with Crippen molar-refractivity contribution in [3.63, 3.8) is 0 Å². The average Bonchev–Trinajstić information content (AvgIpc) is 1.84. The van der Waals surface area contributed by atoms with Crippen LogP contribution < -0.4 is 5.48 Å². The first kappa shape index (κ1) is 9.30. The van der Waals surface area contributed by atoms with E-state index in [2.05, 4.69) is 4.84 Å². The van der Waals surface area contributed by atoms with Gasteiger partial charge in [0, 0.05) is 0 Å². The zero-order chi connectivity index (χ0) is 7.33. The van der Waals surface area contributed by atoms with Gasteiger partial charge >= 0.3 is 6.41 Å². The van der Waals surface area contributed by atoms with Crippen LogP contribution in [0.5, 0.6) is 0 Å². The minimum atomic E-state index is -1.57. The molecule has 9 heavy (non-hydrogen) atoms. The summed E-state index contributed by atoms with van der Waals surface area (Å²) in [6, 6.07) is 0. The average molecular weight is 191 g/mol. The van der Waals surface area contributed by atoms with Gasteiger partial charge in [-0.15, -0.1) is 11.6 Å². The molecule has 1 radical (unpaired) electrons. The van der Waals surface area contributed by atoms with Crippen molar-refractivity contribution >= 4 is 41.2 Å². The van der Waals surface area contributed by atoms with Gasteiger partial charge in [-0.2, -0.15) is 0 Å². The maximum Gasteiger partial charge on any atom is 0.335 e. The van der Waals surface area contributed by atoms with Crippen LogP contribution in [0.3, 0.4) is 0 Å². The second-order valence-electron chi connectivity index (χ2n) is 1.08. The van der Waals surface area contributed by atoms with Crippen molar-refractivity contribution in [3.8, 4) is 0 Å². The number of nitrogens with one attached hydrogen (secondary N) is 1. The second kappa shape index (κ2) is 4.17. The van der Waals surface area contributed by atoms with Crippen molar-refractivity contribution in [2.75, 3.05) is 5.88 Å². The van der Waals surface area contributed by atoms with E-state index in [4.69, 9.17) is 34.8 Å². The van der Waals surface area contributed by atoms with Gasteiger partial charge in [-0.05, 0) is 0 Å². The summed E-state index contributed by atoms with van der Waals surface area (Å²) in [6.45, 7) is 0. The van der Waals surface area contributed by atoms with Gasteiger partial charge < -0.3 is 0 Å². The van der Waals surface area contributed by atoms with Crippen LogP contribution in [0, 0.1) is 0 Å². The maximum atomic E-state index is 9.45. The van der Waals surface area contributed by atoms with Gasteiger partial charge in [0.05, 0.1) is 5.88 Å². The number of hydrogen-bond donors (Lipinski definition) is 1. The molecule has 0 saturated heterocycles. The third-order valence-corrected chi connectivity index (χ3v) is 1.47. The van der Waals surface area contributed by atoms with E-state index < -0.39 is 4.52 Å². The molecule has 3 nitrogen and oxygen atoms in total. The van der Waals surface area contributed by atoms with E-state index >= 15 is 0 Å².